The van der Waals surface area contributed by atoms with Crippen LogP contribution in [0.25, 0.3) is 0 Å². The zero-order chi connectivity index (χ0) is 14.0. The Morgan fingerprint density at radius 1 is 1.21 bits per heavy atom. The van der Waals surface area contributed by atoms with E-state index in [2.05, 4.69) is 37.2 Å². The fourth-order valence-corrected chi connectivity index (χ4v) is 2.78. The Labute approximate surface area is 127 Å². The highest BCUT2D eigenvalue weighted by Crippen LogP contribution is 2.36. The molecule has 19 heavy (non-hydrogen) atoms. The van der Waals surface area contributed by atoms with Crippen molar-refractivity contribution in [2.45, 2.75) is 0 Å². The Hall–Kier alpha value is -1.27. The van der Waals surface area contributed by atoms with Crippen LogP contribution >= 0.6 is 31.9 Å². The molecule has 0 spiro atoms. The summed E-state index contributed by atoms with van der Waals surface area (Å²) in [4.78, 5) is 0. The average molecular weight is 390 g/mol. The van der Waals surface area contributed by atoms with E-state index < -0.39 is 5.82 Å². The second kappa shape index (κ2) is 5.79. The number of halogens is 3. The monoisotopic (exact) mass is 388 g/mol. The SMILES string of the molecule is COc1cc(Nc2c(Br)cccc2Br)c(N)cc1F. The lowest BCUT2D eigenvalue weighted by Crippen LogP contribution is -2.00. The van der Waals surface area contributed by atoms with Crippen LogP contribution in [0.5, 0.6) is 5.75 Å². The van der Waals surface area contributed by atoms with Crippen molar-refractivity contribution in [1.82, 2.24) is 0 Å². The van der Waals surface area contributed by atoms with Crippen molar-refractivity contribution in [2.24, 2.45) is 0 Å². The van der Waals surface area contributed by atoms with E-state index in [1.165, 1.54) is 19.2 Å². The van der Waals surface area contributed by atoms with E-state index >= 15 is 0 Å². The van der Waals surface area contributed by atoms with Gasteiger partial charge in [-0.25, -0.2) is 4.39 Å². The molecule has 0 unspecified atom stereocenters. The smallest absolute Gasteiger partial charge is 0.167 e. The van der Waals surface area contributed by atoms with Gasteiger partial charge in [0.05, 0.1) is 24.2 Å². The quantitative estimate of drug-likeness (QED) is 0.749. The van der Waals surface area contributed by atoms with Gasteiger partial charge in [-0.2, -0.15) is 0 Å². The number of hydrogen-bond acceptors (Lipinski definition) is 3. The Kier molecular flexibility index (Phi) is 4.31. The minimum Gasteiger partial charge on any atom is -0.494 e. The molecule has 2 aromatic rings. The Morgan fingerprint density at radius 3 is 2.42 bits per heavy atom. The van der Waals surface area contributed by atoms with Crippen molar-refractivity contribution in [3.05, 3.63) is 45.1 Å². The van der Waals surface area contributed by atoms with Crippen LogP contribution in [-0.4, -0.2) is 7.11 Å². The summed E-state index contributed by atoms with van der Waals surface area (Å²) in [6.07, 6.45) is 0. The van der Waals surface area contributed by atoms with Gasteiger partial charge in [-0.3, -0.25) is 0 Å². The first-order valence-electron chi connectivity index (χ1n) is 5.37. The van der Waals surface area contributed by atoms with Crippen molar-refractivity contribution in [3.8, 4) is 5.75 Å². The lowest BCUT2D eigenvalue weighted by atomic mass is 10.2. The van der Waals surface area contributed by atoms with Crippen LogP contribution < -0.4 is 15.8 Å². The van der Waals surface area contributed by atoms with Crippen LogP contribution in [0.1, 0.15) is 0 Å². The van der Waals surface area contributed by atoms with Gasteiger partial charge in [-0.1, -0.05) is 6.07 Å². The number of hydrogen-bond donors (Lipinski definition) is 2. The van der Waals surface area contributed by atoms with E-state index in [1.54, 1.807) is 0 Å². The average Bonchev–Trinajstić information content (AvgIpc) is 2.36. The fourth-order valence-electron chi connectivity index (χ4n) is 1.59. The molecule has 100 valence electrons. The third kappa shape index (κ3) is 3.01. The topological polar surface area (TPSA) is 47.3 Å². The summed E-state index contributed by atoms with van der Waals surface area (Å²) in [5.74, 6) is -0.350. The molecular weight excluding hydrogens is 379 g/mol. The molecule has 0 aromatic heterocycles. The summed E-state index contributed by atoms with van der Waals surface area (Å²) in [6.45, 7) is 0. The molecule has 0 saturated carbocycles. The van der Waals surface area contributed by atoms with Crippen molar-refractivity contribution < 1.29 is 9.13 Å². The maximum absolute atomic E-state index is 13.5. The molecule has 2 rings (SSSR count). The first-order chi connectivity index (χ1) is 9.02. The van der Waals surface area contributed by atoms with Gasteiger partial charge in [-0.15, -0.1) is 0 Å². The van der Waals surface area contributed by atoms with E-state index in [9.17, 15) is 4.39 Å². The van der Waals surface area contributed by atoms with E-state index in [0.29, 0.717) is 11.4 Å². The molecule has 0 amide bonds. The third-order valence-corrected chi connectivity index (χ3v) is 3.87. The highest BCUT2D eigenvalue weighted by molar-refractivity contribution is 9.11. The number of nitrogens with one attached hydrogen (secondary N) is 1. The molecule has 0 saturated heterocycles. The molecule has 0 aliphatic heterocycles. The standard InChI is InChI=1S/C13H11Br2FN2O/c1-19-12-6-11(10(17)5-9(12)16)18-13-7(14)3-2-4-8(13)15/h2-6,18H,17H2,1H3. The predicted octanol–water partition coefficient (Wildman–Crippen LogP) is 4.69. The summed E-state index contributed by atoms with van der Waals surface area (Å²) >= 11 is 6.88. The fraction of sp³-hybridized carbons (Fsp3) is 0.0769. The molecule has 0 bridgehead atoms. The first kappa shape index (κ1) is 14.1. The third-order valence-electron chi connectivity index (χ3n) is 2.55. The Morgan fingerprint density at radius 2 is 1.84 bits per heavy atom. The Balaban J connectivity index is 2.44. The lowest BCUT2D eigenvalue weighted by Gasteiger charge is -2.14. The highest BCUT2D eigenvalue weighted by Gasteiger charge is 2.11. The molecule has 0 aliphatic rings. The van der Waals surface area contributed by atoms with Gasteiger partial charge in [0, 0.05) is 21.1 Å². The molecule has 0 fully saturated rings. The summed E-state index contributed by atoms with van der Waals surface area (Å²) in [5, 5.41) is 3.15. The zero-order valence-electron chi connectivity index (χ0n) is 10.0. The second-order valence-corrected chi connectivity index (χ2v) is 5.50. The minimum atomic E-state index is -0.489. The molecule has 3 N–H and O–H groups in total. The van der Waals surface area contributed by atoms with Gasteiger partial charge in [0.2, 0.25) is 0 Å². The molecule has 3 nitrogen and oxygen atoms in total. The van der Waals surface area contributed by atoms with E-state index in [0.717, 1.165) is 14.6 Å². The minimum absolute atomic E-state index is 0.139. The van der Waals surface area contributed by atoms with Crippen LogP contribution in [0, 0.1) is 5.82 Å². The van der Waals surface area contributed by atoms with E-state index in [4.69, 9.17) is 10.5 Å². The van der Waals surface area contributed by atoms with Gasteiger partial charge in [-0.05, 0) is 44.0 Å². The van der Waals surface area contributed by atoms with E-state index in [-0.39, 0.29) is 5.75 Å². The number of methoxy groups -OCH3 is 1. The second-order valence-electron chi connectivity index (χ2n) is 3.80. The molecule has 0 atom stereocenters. The summed E-state index contributed by atoms with van der Waals surface area (Å²) in [5.41, 5.74) is 7.49. The van der Waals surface area contributed by atoms with Gasteiger partial charge in [0.1, 0.15) is 0 Å². The summed E-state index contributed by atoms with van der Waals surface area (Å²) in [6, 6.07) is 8.44. The van der Waals surface area contributed by atoms with Crippen molar-refractivity contribution in [3.63, 3.8) is 0 Å². The number of anilines is 3. The summed E-state index contributed by atoms with van der Waals surface area (Å²) < 4.78 is 20.2. The van der Waals surface area contributed by atoms with Crippen LogP contribution in [0.2, 0.25) is 0 Å². The van der Waals surface area contributed by atoms with Gasteiger partial charge in [0.25, 0.3) is 0 Å². The largest absolute Gasteiger partial charge is 0.494 e. The molecule has 0 radical (unpaired) electrons. The number of nitrogens with two attached hydrogens (primary N) is 1. The van der Waals surface area contributed by atoms with E-state index in [1.807, 2.05) is 18.2 Å². The molecular formula is C13H11Br2FN2O. The zero-order valence-corrected chi connectivity index (χ0v) is 13.2. The van der Waals surface area contributed by atoms with Crippen molar-refractivity contribution in [2.75, 3.05) is 18.2 Å². The number of para-hydroxylation sites is 1. The highest BCUT2D eigenvalue weighted by atomic mass is 79.9. The summed E-state index contributed by atoms with van der Waals surface area (Å²) in [7, 11) is 1.41. The number of rotatable bonds is 3. The Bertz CT molecular complexity index is 600. The molecule has 6 heteroatoms. The lowest BCUT2D eigenvalue weighted by molar-refractivity contribution is 0.387. The predicted molar refractivity (Wildman–Crippen MR) is 82.5 cm³/mol. The molecule has 0 heterocycles. The number of ether oxygens (including phenoxy) is 1. The van der Waals surface area contributed by atoms with Crippen LogP contribution in [0.3, 0.4) is 0 Å². The van der Waals surface area contributed by atoms with Crippen molar-refractivity contribution in [1.29, 1.82) is 0 Å². The molecule has 0 aliphatic carbocycles. The van der Waals surface area contributed by atoms with Crippen LogP contribution in [0.4, 0.5) is 21.5 Å². The van der Waals surface area contributed by atoms with Gasteiger partial charge >= 0.3 is 0 Å². The maximum Gasteiger partial charge on any atom is 0.167 e. The van der Waals surface area contributed by atoms with Crippen molar-refractivity contribution >= 4 is 48.9 Å². The normalized spacial score (nSPS) is 10.3. The van der Waals surface area contributed by atoms with Crippen LogP contribution in [-0.2, 0) is 0 Å². The molecule has 2 aromatic carbocycles. The van der Waals surface area contributed by atoms with Crippen LogP contribution in [0.15, 0.2) is 39.3 Å². The first-order valence-corrected chi connectivity index (χ1v) is 6.95. The number of nitrogen functional groups attached to an aromatic ring is 1. The maximum atomic E-state index is 13.5. The van der Waals surface area contributed by atoms with Gasteiger partial charge in [0.15, 0.2) is 11.6 Å². The van der Waals surface area contributed by atoms with Gasteiger partial charge < -0.3 is 15.8 Å². The number of benzene rings is 2.